The fraction of sp³-hybridized carbons (Fsp3) is 0.333. The van der Waals surface area contributed by atoms with Crippen molar-refractivity contribution in [2.45, 2.75) is 19.4 Å². The van der Waals surface area contributed by atoms with E-state index in [1.165, 1.54) is 0 Å². The maximum Gasteiger partial charge on any atom is 0.135 e. The van der Waals surface area contributed by atoms with Crippen LogP contribution in [0.5, 0.6) is 0 Å². The quantitative estimate of drug-likeness (QED) is 0.842. The summed E-state index contributed by atoms with van der Waals surface area (Å²) in [6.45, 7) is 2.54. The Morgan fingerprint density at radius 2 is 1.79 bits per heavy atom. The van der Waals surface area contributed by atoms with Gasteiger partial charge in [-0.15, -0.1) is 0 Å². The van der Waals surface area contributed by atoms with Crippen molar-refractivity contribution in [3.63, 3.8) is 0 Å². The maximum absolute atomic E-state index is 11.2. The molecular weight excluding hydrogens is 238 g/mol. The van der Waals surface area contributed by atoms with E-state index in [0.29, 0.717) is 18.6 Å². The van der Waals surface area contributed by atoms with E-state index < -0.39 is 0 Å². The molecule has 4 nitrogen and oxygen atoms in total. The summed E-state index contributed by atoms with van der Waals surface area (Å²) in [5, 5.41) is 4.58. The average Bonchev–Trinajstić information content (AvgIpc) is 2.91. The van der Waals surface area contributed by atoms with Crippen LogP contribution in [0.1, 0.15) is 18.5 Å². The van der Waals surface area contributed by atoms with Crippen LogP contribution in [-0.4, -0.2) is 33.6 Å². The summed E-state index contributed by atoms with van der Waals surface area (Å²) in [4.78, 5) is 13.5. The summed E-state index contributed by atoms with van der Waals surface area (Å²) in [6, 6.07) is 12.1. The topological polar surface area (TPSA) is 38.1 Å². The lowest BCUT2D eigenvalue weighted by Crippen LogP contribution is -2.33. The van der Waals surface area contributed by atoms with E-state index in [-0.39, 0.29) is 0 Å². The number of aromatic nitrogens is 2. The van der Waals surface area contributed by atoms with Gasteiger partial charge in [0.1, 0.15) is 5.78 Å². The third-order valence-corrected chi connectivity index (χ3v) is 3.46. The van der Waals surface area contributed by atoms with Crippen LogP contribution < -0.4 is 0 Å². The van der Waals surface area contributed by atoms with Crippen molar-refractivity contribution in [1.82, 2.24) is 14.7 Å². The SMILES string of the molecule is O=C1CCN(Cc2ccn(-c3ccccc3)n2)CC1. The maximum atomic E-state index is 11.2. The van der Waals surface area contributed by atoms with Crippen LogP contribution in [0.25, 0.3) is 5.69 Å². The lowest BCUT2D eigenvalue weighted by molar-refractivity contribution is -0.121. The number of likely N-dealkylation sites (tertiary alicyclic amines) is 1. The fourth-order valence-corrected chi connectivity index (χ4v) is 2.36. The van der Waals surface area contributed by atoms with Gasteiger partial charge < -0.3 is 0 Å². The van der Waals surface area contributed by atoms with Crippen molar-refractivity contribution >= 4 is 5.78 Å². The summed E-state index contributed by atoms with van der Waals surface area (Å²) < 4.78 is 1.89. The van der Waals surface area contributed by atoms with Crippen LogP contribution >= 0.6 is 0 Å². The van der Waals surface area contributed by atoms with Gasteiger partial charge in [0.05, 0.1) is 11.4 Å². The van der Waals surface area contributed by atoms with Gasteiger partial charge in [-0.3, -0.25) is 9.69 Å². The number of carbonyl (C=O) groups excluding carboxylic acids is 1. The van der Waals surface area contributed by atoms with E-state index in [1.807, 2.05) is 47.3 Å². The van der Waals surface area contributed by atoms with E-state index in [9.17, 15) is 4.79 Å². The van der Waals surface area contributed by atoms with Gasteiger partial charge in [-0.25, -0.2) is 4.68 Å². The van der Waals surface area contributed by atoms with Crippen molar-refractivity contribution in [1.29, 1.82) is 0 Å². The Hall–Kier alpha value is -1.94. The molecule has 0 unspecified atom stereocenters. The molecule has 19 heavy (non-hydrogen) atoms. The van der Waals surface area contributed by atoms with Crippen molar-refractivity contribution in [3.05, 3.63) is 48.3 Å². The number of nitrogens with zero attached hydrogens (tertiary/aromatic N) is 3. The Labute approximate surface area is 112 Å². The molecule has 0 bridgehead atoms. The zero-order valence-corrected chi connectivity index (χ0v) is 10.8. The molecule has 1 fully saturated rings. The van der Waals surface area contributed by atoms with Crippen molar-refractivity contribution in [3.8, 4) is 5.69 Å². The Morgan fingerprint density at radius 3 is 2.53 bits per heavy atom. The molecule has 1 aliphatic rings. The van der Waals surface area contributed by atoms with Gasteiger partial charge in [0.15, 0.2) is 0 Å². The molecule has 0 spiro atoms. The Kier molecular flexibility index (Phi) is 3.42. The van der Waals surface area contributed by atoms with Gasteiger partial charge in [0, 0.05) is 38.7 Å². The summed E-state index contributed by atoms with van der Waals surface area (Å²) in [5.74, 6) is 0.381. The third-order valence-electron chi connectivity index (χ3n) is 3.46. The molecule has 1 aromatic carbocycles. The molecule has 0 amide bonds. The molecule has 1 saturated heterocycles. The van der Waals surface area contributed by atoms with Crippen molar-refractivity contribution in [2.75, 3.05) is 13.1 Å². The summed E-state index contributed by atoms with van der Waals surface area (Å²) in [5.41, 5.74) is 2.13. The van der Waals surface area contributed by atoms with Gasteiger partial charge >= 0.3 is 0 Å². The molecule has 0 aliphatic carbocycles. The highest BCUT2D eigenvalue weighted by Gasteiger charge is 2.16. The molecule has 2 heterocycles. The molecule has 0 radical (unpaired) electrons. The van der Waals surface area contributed by atoms with E-state index in [4.69, 9.17) is 0 Å². The predicted octanol–water partition coefficient (Wildman–Crippen LogP) is 2.04. The molecule has 2 aromatic rings. The highest BCUT2D eigenvalue weighted by Crippen LogP contribution is 2.11. The second kappa shape index (κ2) is 5.36. The van der Waals surface area contributed by atoms with Gasteiger partial charge in [-0.1, -0.05) is 18.2 Å². The zero-order valence-electron chi connectivity index (χ0n) is 10.8. The lowest BCUT2D eigenvalue weighted by Gasteiger charge is -2.24. The van der Waals surface area contributed by atoms with Crippen LogP contribution in [0.2, 0.25) is 0 Å². The van der Waals surface area contributed by atoms with Crippen LogP contribution in [0.3, 0.4) is 0 Å². The number of hydrogen-bond donors (Lipinski definition) is 0. The number of Topliss-reactive ketones (excluding diaryl/α,β-unsaturated/α-hetero) is 1. The summed E-state index contributed by atoms with van der Waals surface area (Å²) in [7, 11) is 0. The first-order valence-electron chi connectivity index (χ1n) is 6.65. The Morgan fingerprint density at radius 1 is 1.05 bits per heavy atom. The van der Waals surface area contributed by atoms with Crippen LogP contribution in [0.15, 0.2) is 42.6 Å². The molecule has 0 N–H and O–H groups in total. The fourth-order valence-electron chi connectivity index (χ4n) is 2.36. The molecule has 1 aromatic heterocycles. The number of piperidine rings is 1. The monoisotopic (exact) mass is 255 g/mol. The number of carbonyl (C=O) groups is 1. The van der Waals surface area contributed by atoms with Gasteiger partial charge in [-0.2, -0.15) is 5.10 Å². The van der Waals surface area contributed by atoms with E-state index in [2.05, 4.69) is 10.00 Å². The highest BCUT2D eigenvalue weighted by atomic mass is 16.1. The molecule has 4 heteroatoms. The van der Waals surface area contributed by atoms with Crippen LogP contribution in [-0.2, 0) is 11.3 Å². The predicted molar refractivity (Wildman–Crippen MR) is 73.1 cm³/mol. The summed E-state index contributed by atoms with van der Waals surface area (Å²) >= 11 is 0. The molecule has 0 atom stereocenters. The zero-order chi connectivity index (χ0) is 13.1. The van der Waals surface area contributed by atoms with Crippen molar-refractivity contribution < 1.29 is 4.79 Å². The first-order valence-corrected chi connectivity index (χ1v) is 6.65. The minimum absolute atomic E-state index is 0.381. The Balaban J connectivity index is 1.67. The number of ketones is 1. The largest absolute Gasteiger partial charge is 0.300 e. The van der Waals surface area contributed by atoms with Gasteiger partial charge in [-0.05, 0) is 18.2 Å². The van der Waals surface area contributed by atoms with E-state index >= 15 is 0 Å². The molecule has 0 saturated carbocycles. The lowest BCUT2D eigenvalue weighted by atomic mass is 10.1. The molecule has 3 rings (SSSR count). The number of benzene rings is 1. The smallest absolute Gasteiger partial charge is 0.135 e. The Bertz CT molecular complexity index is 552. The first kappa shape index (κ1) is 12.1. The standard InChI is InChI=1S/C15H17N3O/c19-15-7-9-17(10-8-15)12-13-6-11-18(16-13)14-4-2-1-3-5-14/h1-6,11H,7-10,12H2. The molecule has 98 valence electrons. The van der Waals surface area contributed by atoms with Gasteiger partial charge in [0.25, 0.3) is 0 Å². The van der Waals surface area contributed by atoms with E-state index in [1.54, 1.807) is 0 Å². The number of hydrogen-bond acceptors (Lipinski definition) is 3. The normalized spacial score (nSPS) is 16.7. The van der Waals surface area contributed by atoms with Crippen LogP contribution in [0, 0.1) is 0 Å². The van der Waals surface area contributed by atoms with E-state index in [0.717, 1.165) is 31.0 Å². The highest BCUT2D eigenvalue weighted by molar-refractivity contribution is 5.79. The first-order chi connectivity index (χ1) is 9.31. The van der Waals surface area contributed by atoms with Gasteiger partial charge in [0.2, 0.25) is 0 Å². The third kappa shape index (κ3) is 2.90. The number of rotatable bonds is 3. The molecular formula is C15H17N3O. The van der Waals surface area contributed by atoms with Crippen LogP contribution in [0.4, 0.5) is 0 Å². The molecule has 1 aliphatic heterocycles. The van der Waals surface area contributed by atoms with Crippen molar-refractivity contribution in [2.24, 2.45) is 0 Å². The minimum Gasteiger partial charge on any atom is -0.300 e. The second-order valence-corrected chi connectivity index (χ2v) is 4.90. The minimum atomic E-state index is 0.381. The average molecular weight is 255 g/mol. The summed E-state index contributed by atoms with van der Waals surface area (Å²) in [6.07, 6.45) is 3.35. The number of para-hydroxylation sites is 1. The second-order valence-electron chi connectivity index (χ2n) is 4.90.